The zero-order valence-corrected chi connectivity index (χ0v) is 11.1. The molecule has 0 aliphatic heterocycles. The van der Waals surface area contributed by atoms with Gasteiger partial charge in [-0.2, -0.15) is 0 Å². The molecule has 0 saturated carbocycles. The van der Waals surface area contributed by atoms with Crippen LogP contribution in [0.2, 0.25) is 0 Å². The summed E-state index contributed by atoms with van der Waals surface area (Å²) in [6.45, 7) is 0. The highest BCUT2D eigenvalue weighted by Crippen LogP contribution is 2.24. The second kappa shape index (κ2) is 6.11. The van der Waals surface area contributed by atoms with Gasteiger partial charge in [-0.1, -0.05) is 0 Å². The normalized spacial score (nSPS) is 11.8. The van der Waals surface area contributed by atoms with Crippen molar-refractivity contribution in [3.05, 3.63) is 56.5 Å². The zero-order chi connectivity index (χ0) is 14.5. The molecule has 0 saturated heterocycles. The second-order valence-electron chi connectivity index (χ2n) is 3.96. The molecule has 2 aromatic rings. The lowest BCUT2D eigenvalue weighted by Crippen LogP contribution is -2.19. The number of nitrogens with two attached hydrogens (primary N) is 1. The highest BCUT2D eigenvalue weighted by Gasteiger charge is 2.18. The van der Waals surface area contributed by atoms with Crippen molar-refractivity contribution in [2.45, 2.75) is 12.5 Å². The Bertz CT molecular complexity index is 598. The molecule has 7 nitrogen and oxygen atoms in total. The predicted octanol–water partition coefficient (Wildman–Crippen LogP) is 2.43. The fraction of sp³-hybridized carbons (Fsp3) is 0.167. The number of primary amides is 1. The number of ether oxygens (including phenoxy) is 1. The number of hydrogen-bond donors (Lipinski definition) is 1. The zero-order valence-electron chi connectivity index (χ0n) is 10.3. The minimum absolute atomic E-state index is 0.0276. The lowest BCUT2D eigenvalue weighted by atomic mass is 10.0. The predicted molar refractivity (Wildman–Crippen MR) is 72.3 cm³/mol. The fourth-order valence-electron chi connectivity index (χ4n) is 1.71. The van der Waals surface area contributed by atoms with E-state index < -0.39 is 17.1 Å². The highest BCUT2D eigenvalue weighted by molar-refractivity contribution is 7.07. The molecule has 0 spiro atoms. The maximum Gasteiger partial charge on any atom is 0.405 e. The quantitative estimate of drug-likeness (QED) is 0.672. The van der Waals surface area contributed by atoms with Crippen molar-refractivity contribution in [3.63, 3.8) is 0 Å². The van der Waals surface area contributed by atoms with Crippen LogP contribution in [0.5, 0.6) is 0 Å². The Labute approximate surface area is 118 Å². The number of thiazole rings is 1. The third kappa shape index (κ3) is 3.51. The molecule has 8 heteroatoms. The van der Waals surface area contributed by atoms with Gasteiger partial charge in [0.25, 0.3) is 5.69 Å². The number of nitro benzene ring substituents is 1. The van der Waals surface area contributed by atoms with Gasteiger partial charge in [-0.3, -0.25) is 10.1 Å². The van der Waals surface area contributed by atoms with Crippen molar-refractivity contribution in [2.75, 3.05) is 0 Å². The molecule has 1 unspecified atom stereocenters. The molecule has 0 aliphatic carbocycles. The molecule has 0 aliphatic rings. The highest BCUT2D eigenvalue weighted by atomic mass is 32.1. The average Bonchev–Trinajstić information content (AvgIpc) is 2.90. The van der Waals surface area contributed by atoms with Crippen LogP contribution < -0.4 is 5.73 Å². The van der Waals surface area contributed by atoms with E-state index in [4.69, 9.17) is 10.5 Å². The molecule has 1 aromatic carbocycles. The van der Waals surface area contributed by atoms with Crippen molar-refractivity contribution in [1.82, 2.24) is 4.98 Å². The van der Waals surface area contributed by atoms with Crippen molar-refractivity contribution >= 4 is 23.1 Å². The van der Waals surface area contributed by atoms with Gasteiger partial charge < -0.3 is 10.5 Å². The number of nitro groups is 1. The summed E-state index contributed by atoms with van der Waals surface area (Å²) in [5, 5.41) is 12.4. The standard InChI is InChI=1S/C12H11N3O4S/c13-12(16)19-11(5-9-6-20-7-14-9)8-1-3-10(4-2-8)15(17)18/h1-4,6-7,11H,5H2,(H2,13,16). The van der Waals surface area contributed by atoms with E-state index >= 15 is 0 Å². The molecule has 20 heavy (non-hydrogen) atoms. The molecular formula is C12H11N3O4S. The van der Waals surface area contributed by atoms with Crippen molar-refractivity contribution in [1.29, 1.82) is 0 Å². The van der Waals surface area contributed by atoms with E-state index in [2.05, 4.69) is 4.98 Å². The largest absolute Gasteiger partial charge is 0.441 e. The van der Waals surface area contributed by atoms with Gasteiger partial charge >= 0.3 is 6.09 Å². The van der Waals surface area contributed by atoms with Crippen molar-refractivity contribution < 1.29 is 14.5 Å². The lowest BCUT2D eigenvalue weighted by Gasteiger charge is -2.15. The number of rotatable bonds is 5. The third-order valence-electron chi connectivity index (χ3n) is 2.61. The van der Waals surface area contributed by atoms with Crippen molar-refractivity contribution in [2.24, 2.45) is 5.73 Å². The average molecular weight is 293 g/mol. The van der Waals surface area contributed by atoms with Gasteiger partial charge in [0.1, 0.15) is 6.10 Å². The second-order valence-corrected chi connectivity index (χ2v) is 4.68. The fourth-order valence-corrected chi connectivity index (χ4v) is 2.28. The maximum atomic E-state index is 11.0. The van der Waals surface area contributed by atoms with Gasteiger partial charge in [-0.25, -0.2) is 9.78 Å². The van der Waals surface area contributed by atoms with Crippen LogP contribution in [0.3, 0.4) is 0 Å². The maximum absolute atomic E-state index is 11.0. The number of carbonyl (C=O) groups is 1. The van der Waals surface area contributed by atoms with Gasteiger partial charge in [0, 0.05) is 23.9 Å². The van der Waals surface area contributed by atoms with Gasteiger partial charge in [0.2, 0.25) is 0 Å². The molecule has 1 heterocycles. The molecular weight excluding hydrogens is 282 g/mol. The molecule has 2 N–H and O–H groups in total. The van der Waals surface area contributed by atoms with Crippen LogP contribution in [0.4, 0.5) is 10.5 Å². The van der Waals surface area contributed by atoms with Crippen LogP contribution in [0.25, 0.3) is 0 Å². The minimum Gasteiger partial charge on any atom is -0.441 e. The minimum atomic E-state index is -0.899. The van der Waals surface area contributed by atoms with Crippen LogP contribution in [-0.2, 0) is 11.2 Å². The number of aromatic nitrogens is 1. The summed E-state index contributed by atoms with van der Waals surface area (Å²) in [4.78, 5) is 25.2. The summed E-state index contributed by atoms with van der Waals surface area (Å²) >= 11 is 1.43. The third-order valence-corrected chi connectivity index (χ3v) is 3.25. The number of benzene rings is 1. The van der Waals surface area contributed by atoms with Crippen LogP contribution in [0.1, 0.15) is 17.4 Å². The summed E-state index contributed by atoms with van der Waals surface area (Å²) in [7, 11) is 0. The van der Waals surface area contributed by atoms with E-state index in [0.29, 0.717) is 12.0 Å². The molecule has 0 fully saturated rings. The van der Waals surface area contributed by atoms with E-state index in [1.54, 1.807) is 5.51 Å². The first-order valence-electron chi connectivity index (χ1n) is 5.64. The first-order valence-corrected chi connectivity index (χ1v) is 6.58. The first kappa shape index (κ1) is 13.9. The smallest absolute Gasteiger partial charge is 0.405 e. The van der Waals surface area contributed by atoms with Crippen LogP contribution >= 0.6 is 11.3 Å². The van der Waals surface area contributed by atoms with E-state index in [0.717, 1.165) is 5.69 Å². The topological polar surface area (TPSA) is 108 Å². The Kier molecular flexibility index (Phi) is 4.26. The number of amides is 1. The lowest BCUT2D eigenvalue weighted by molar-refractivity contribution is -0.384. The Balaban J connectivity index is 2.21. The number of non-ortho nitro benzene ring substituents is 1. The van der Waals surface area contributed by atoms with Crippen molar-refractivity contribution in [3.8, 4) is 0 Å². The van der Waals surface area contributed by atoms with Gasteiger partial charge in [-0.15, -0.1) is 11.3 Å². The Morgan fingerprint density at radius 3 is 2.65 bits per heavy atom. The molecule has 0 bridgehead atoms. The Morgan fingerprint density at radius 2 is 2.15 bits per heavy atom. The van der Waals surface area contributed by atoms with E-state index in [1.165, 1.54) is 35.6 Å². The van der Waals surface area contributed by atoms with Crippen LogP contribution in [0, 0.1) is 10.1 Å². The van der Waals surface area contributed by atoms with E-state index in [1.807, 2.05) is 5.38 Å². The van der Waals surface area contributed by atoms with Gasteiger partial charge in [0.15, 0.2) is 0 Å². The molecule has 1 aromatic heterocycles. The summed E-state index contributed by atoms with van der Waals surface area (Å²) < 4.78 is 5.04. The SMILES string of the molecule is NC(=O)OC(Cc1cscn1)c1ccc([N+](=O)[O-])cc1. The number of hydrogen-bond acceptors (Lipinski definition) is 6. The summed E-state index contributed by atoms with van der Waals surface area (Å²) in [6, 6.07) is 5.79. The molecule has 104 valence electrons. The first-order chi connectivity index (χ1) is 9.56. The van der Waals surface area contributed by atoms with E-state index in [9.17, 15) is 14.9 Å². The number of carbonyl (C=O) groups excluding carboxylic acids is 1. The Hall–Kier alpha value is -2.48. The van der Waals surface area contributed by atoms with Crippen LogP contribution in [0.15, 0.2) is 35.2 Å². The molecule has 0 radical (unpaired) electrons. The summed E-state index contributed by atoms with van der Waals surface area (Å²) in [5.41, 5.74) is 8.09. The molecule has 1 amide bonds. The van der Waals surface area contributed by atoms with E-state index in [-0.39, 0.29) is 5.69 Å². The summed E-state index contributed by atoms with van der Waals surface area (Å²) in [6.07, 6.45) is -1.15. The molecule has 2 rings (SSSR count). The summed E-state index contributed by atoms with van der Waals surface area (Å²) in [5.74, 6) is 0. The van der Waals surface area contributed by atoms with Gasteiger partial charge in [0.05, 0.1) is 16.1 Å². The van der Waals surface area contributed by atoms with Crippen LogP contribution in [-0.4, -0.2) is 16.0 Å². The molecule has 1 atom stereocenters. The van der Waals surface area contributed by atoms with Gasteiger partial charge in [-0.05, 0) is 17.7 Å². The monoisotopic (exact) mass is 293 g/mol. The number of nitrogens with zero attached hydrogens (tertiary/aromatic N) is 2. The Morgan fingerprint density at radius 1 is 1.45 bits per heavy atom.